The molecule has 0 bridgehead atoms. The van der Waals surface area contributed by atoms with Crippen molar-refractivity contribution in [3.8, 4) is 5.69 Å². The Morgan fingerprint density at radius 2 is 1.68 bits per heavy atom. The van der Waals surface area contributed by atoms with E-state index in [1.807, 2.05) is 13.0 Å². The summed E-state index contributed by atoms with van der Waals surface area (Å²) in [6, 6.07) is 17.5. The largest absolute Gasteiger partial charge is 0.322 e. The van der Waals surface area contributed by atoms with Gasteiger partial charge in [0.15, 0.2) is 0 Å². The minimum absolute atomic E-state index is 0.0607. The van der Waals surface area contributed by atoms with Crippen LogP contribution in [0.25, 0.3) is 5.69 Å². The van der Waals surface area contributed by atoms with Crippen molar-refractivity contribution in [2.75, 3.05) is 10.0 Å². The minimum atomic E-state index is -3.88. The van der Waals surface area contributed by atoms with Crippen molar-refractivity contribution in [2.45, 2.75) is 25.7 Å². The van der Waals surface area contributed by atoms with E-state index in [4.69, 9.17) is 0 Å². The third kappa shape index (κ3) is 4.84. The van der Waals surface area contributed by atoms with Crippen LogP contribution in [-0.4, -0.2) is 24.1 Å². The number of benzene rings is 3. The van der Waals surface area contributed by atoms with Crippen LogP contribution in [0.1, 0.15) is 27.2 Å². The summed E-state index contributed by atoms with van der Waals surface area (Å²) in [5.74, 6) is -0.807. The predicted molar refractivity (Wildman–Crippen MR) is 129 cm³/mol. The number of carbonyl (C=O) groups excluding carboxylic acids is 1. The Morgan fingerprint density at radius 3 is 2.38 bits per heavy atom. The van der Waals surface area contributed by atoms with Gasteiger partial charge in [0.1, 0.15) is 5.82 Å². The molecule has 1 amide bonds. The van der Waals surface area contributed by atoms with Crippen molar-refractivity contribution in [3.05, 3.63) is 101 Å². The normalized spacial score (nSPS) is 11.3. The third-order valence-corrected chi connectivity index (χ3v) is 6.85. The van der Waals surface area contributed by atoms with Gasteiger partial charge in [0.05, 0.1) is 28.0 Å². The van der Waals surface area contributed by atoms with E-state index in [1.165, 1.54) is 29.1 Å². The average Bonchev–Trinajstić information content (AvgIpc) is 3.16. The molecule has 0 aliphatic heterocycles. The summed E-state index contributed by atoms with van der Waals surface area (Å²) in [6.45, 7) is 5.29. The van der Waals surface area contributed by atoms with E-state index in [0.29, 0.717) is 33.9 Å². The molecule has 0 aliphatic rings. The smallest absolute Gasteiger partial charge is 0.262 e. The second-order valence-electron chi connectivity index (χ2n) is 7.94. The molecule has 0 radical (unpaired) electrons. The van der Waals surface area contributed by atoms with Gasteiger partial charge in [-0.2, -0.15) is 5.10 Å². The highest BCUT2D eigenvalue weighted by Gasteiger charge is 2.20. The van der Waals surface area contributed by atoms with E-state index in [0.717, 1.165) is 5.56 Å². The average molecular weight is 479 g/mol. The van der Waals surface area contributed by atoms with Crippen LogP contribution in [-0.2, 0) is 10.0 Å². The lowest BCUT2D eigenvalue weighted by molar-refractivity contribution is 0.102. The number of hydrogen-bond acceptors (Lipinski definition) is 4. The lowest BCUT2D eigenvalue weighted by Crippen LogP contribution is -2.16. The molecule has 0 saturated carbocycles. The van der Waals surface area contributed by atoms with Crippen molar-refractivity contribution < 1.29 is 17.6 Å². The molecule has 2 N–H and O–H groups in total. The summed E-state index contributed by atoms with van der Waals surface area (Å²) in [4.78, 5) is 13.0. The molecule has 34 heavy (non-hydrogen) atoms. The van der Waals surface area contributed by atoms with E-state index in [9.17, 15) is 17.6 Å². The fraction of sp³-hybridized carbons (Fsp3) is 0.120. The molecule has 3 aromatic carbocycles. The number of aromatic nitrogens is 2. The monoisotopic (exact) mass is 478 g/mol. The number of aryl methyl sites for hydroxylation is 2. The van der Waals surface area contributed by atoms with Crippen LogP contribution in [0.4, 0.5) is 15.8 Å². The molecule has 0 saturated heterocycles. The standard InChI is InChI=1S/C25H23FN4O3S/c1-16-5-4-6-21(13-16)29-34(32,33)24-14-20(10-7-17(24)2)28-25(31)23-15-27-30(18(23)3)22-11-8-19(26)9-12-22/h4-15,29H,1-3H3,(H,28,31). The van der Waals surface area contributed by atoms with Crippen LogP contribution in [0.5, 0.6) is 0 Å². The van der Waals surface area contributed by atoms with Crippen LogP contribution in [0, 0.1) is 26.6 Å². The molecule has 4 aromatic rings. The third-order valence-electron chi connectivity index (χ3n) is 5.33. The number of anilines is 2. The minimum Gasteiger partial charge on any atom is -0.322 e. The Hall–Kier alpha value is -3.98. The number of rotatable bonds is 6. The maximum atomic E-state index is 13.2. The highest BCUT2D eigenvalue weighted by molar-refractivity contribution is 7.92. The van der Waals surface area contributed by atoms with Gasteiger partial charge in [0.25, 0.3) is 15.9 Å². The first-order valence-electron chi connectivity index (χ1n) is 10.5. The number of carbonyl (C=O) groups is 1. The summed E-state index contributed by atoms with van der Waals surface area (Å²) < 4.78 is 43.4. The summed E-state index contributed by atoms with van der Waals surface area (Å²) in [7, 11) is -3.88. The van der Waals surface area contributed by atoms with Crippen molar-refractivity contribution in [2.24, 2.45) is 0 Å². The Balaban J connectivity index is 1.58. The molecule has 174 valence electrons. The number of nitrogens with zero attached hydrogens (tertiary/aromatic N) is 2. The Kier molecular flexibility index (Phi) is 6.21. The van der Waals surface area contributed by atoms with Gasteiger partial charge in [-0.1, -0.05) is 18.2 Å². The topological polar surface area (TPSA) is 93.1 Å². The van der Waals surface area contributed by atoms with Gasteiger partial charge in [0, 0.05) is 11.4 Å². The quantitative estimate of drug-likeness (QED) is 0.408. The van der Waals surface area contributed by atoms with E-state index >= 15 is 0 Å². The second kappa shape index (κ2) is 9.11. The van der Waals surface area contributed by atoms with Crippen LogP contribution in [0.3, 0.4) is 0 Å². The number of sulfonamides is 1. The van der Waals surface area contributed by atoms with Gasteiger partial charge in [0.2, 0.25) is 0 Å². The molecular formula is C25H23FN4O3S. The lowest BCUT2D eigenvalue weighted by atomic mass is 10.2. The Morgan fingerprint density at radius 1 is 0.941 bits per heavy atom. The summed E-state index contributed by atoms with van der Waals surface area (Å²) in [6.07, 6.45) is 1.42. The number of amides is 1. The zero-order valence-corrected chi connectivity index (χ0v) is 19.7. The van der Waals surface area contributed by atoms with Gasteiger partial charge in [-0.3, -0.25) is 9.52 Å². The summed E-state index contributed by atoms with van der Waals surface area (Å²) in [5.41, 5.74) is 3.74. The van der Waals surface area contributed by atoms with Gasteiger partial charge in [-0.15, -0.1) is 0 Å². The van der Waals surface area contributed by atoms with Gasteiger partial charge >= 0.3 is 0 Å². The molecule has 0 fully saturated rings. The van der Waals surface area contributed by atoms with E-state index < -0.39 is 15.9 Å². The van der Waals surface area contributed by atoms with Gasteiger partial charge < -0.3 is 5.32 Å². The maximum Gasteiger partial charge on any atom is 0.262 e. The fourth-order valence-electron chi connectivity index (χ4n) is 3.56. The molecule has 0 spiro atoms. The Labute approximate surface area is 197 Å². The number of halogens is 1. The van der Waals surface area contributed by atoms with Crippen molar-refractivity contribution >= 4 is 27.3 Å². The first-order valence-corrected chi connectivity index (χ1v) is 11.9. The fourth-order valence-corrected chi connectivity index (χ4v) is 4.88. The van der Waals surface area contributed by atoms with Crippen LogP contribution >= 0.6 is 0 Å². The van der Waals surface area contributed by atoms with Crippen LogP contribution < -0.4 is 10.0 Å². The molecule has 0 unspecified atom stereocenters. The van der Waals surface area contributed by atoms with Crippen LogP contribution in [0.15, 0.2) is 77.8 Å². The highest BCUT2D eigenvalue weighted by Crippen LogP contribution is 2.24. The molecular weight excluding hydrogens is 455 g/mol. The highest BCUT2D eigenvalue weighted by atomic mass is 32.2. The predicted octanol–water partition coefficient (Wildman–Crippen LogP) is 4.99. The number of hydrogen-bond donors (Lipinski definition) is 2. The lowest BCUT2D eigenvalue weighted by Gasteiger charge is -2.13. The van der Waals surface area contributed by atoms with Crippen molar-refractivity contribution in [1.82, 2.24) is 9.78 Å². The zero-order chi connectivity index (χ0) is 24.5. The number of nitrogens with one attached hydrogen (secondary N) is 2. The summed E-state index contributed by atoms with van der Waals surface area (Å²) in [5, 5.41) is 6.97. The molecule has 1 aromatic heterocycles. The summed E-state index contributed by atoms with van der Waals surface area (Å²) >= 11 is 0. The maximum absolute atomic E-state index is 13.2. The SMILES string of the molecule is Cc1cccc(NS(=O)(=O)c2cc(NC(=O)c3cnn(-c4ccc(F)cc4)c3C)ccc2C)c1. The second-order valence-corrected chi connectivity index (χ2v) is 9.59. The van der Waals surface area contributed by atoms with Crippen LogP contribution in [0.2, 0.25) is 0 Å². The first kappa shape index (κ1) is 23.2. The first-order chi connectivity index (χ1) is 16.1. The van der Waals surface area contributed by atoms with E-state index in [1.54, 1.807) is 56.3 Å². The molecule has 0 atom stereocenters. The molecule has 4 rings (SSSR count). The van der Waals surface area contributed by atoms with Gasteiger partial charge in [-0.05, 0) is 80.4 Å². The van der Waals surface area contributed by atoms with Crippen molar-refractivity contribution in [3.63, 3.8) is 0 Å². The van der Waals surface area contributed by atoms with Gasteiger partial charge in [-0.25, -0.2) is 17.5 Å². The molecule has 7 nitrogen and oxygen atoms in total. The Bertz CT molecular complexity index is 1480. The molecule has 9 heteroatoms. The van der Waals surface area contributed by atoms with E-state index in [-0.39, 0.29) is 10.7 Å². The molecule has 1 heterocycles. The van der Waals surface area contributed by atoms with Crippen molar-refractivity contribution in [1.29, 1.82) is 0 Å². The van der Waals surface area contributed by atoms with E-state index in [2.05, 4.69) is 15.1 Å². The zero-order valence-electron chi connectivity index (χ0n) is 18.8. The molecule has 0 aliphatic carbocycles.